The van der Waals surface area contributed by atoms with E-state index in [1.54, 1.807) is 0 Å². The van der Waals surface area contributed by atoms with Gasteiger partial charge in [0.1, 0.15) is 0 Å². The van der Waals surface area contributed by atoms with Gasteiger partial charge in [0.2, 0.25) is 0 Å². The third-order valence-corrected chi connectivity index (χ3v) is 3.91. The van der Waals surface area contributed by atoms with Crippen LogP contribution in [0, 0.1) is 5.92 Å². The summed E-state index contributed by atoms with van der Waals surface area (Å²) in [5, 5.41) is 0. The molecule has 1 heterocycles. The largest absolute Gasteiger partial charge is 0.748 e. The highest BCUT2D eigenvalue weighted by Crippen LogP contribution is 2.16. The molecule has 0 aromatic heterocycles. The van der Waals surface area contributed by atoms with Gasteiger partial charge in [-0.15, -0.1) is 0 Å². The minimum Gasteiger partial charge on any atom is -0.748 e. The number of likely N-dealkylation sites (tertiary alicyclic amines) is 1. The molecule has 0 saturated carbocycles. The molecule has 4 nitrogen and oxygen atoms in total. The summed E-state index contributed by atoms with van der Waals surface area (Å²) in [6, 6.07) is 0. The second-order valence-electron chi connectivity index (χ2n) is 6.00. The standard InChI is InChI=1S/C14H29N.CH4O3S/c1-3-5-7-11-15-12-9-14(10-13-15)8-6-4-2;1-5(2,3)4/h14H,3-13H2,1-2H3;1H3,(H,2,3,4). The Kier molecular flexibility index (Phi) is 11.4. The van der Waals surface area contributed by atoms with Crippen molar-refractivity contribution in [3.05, 3.63) is 0 Å². The fourth-order valence-corrected chi connectivity index (χ4v) is 2.74. The number of piperidine rings is 1. The van der Waals surface area contributed by atoms with Crippen LogP contribution in [0.3, 0.4) is 0 Å². The summed E-state index contributed by atoms with van der Waals surface area (Å²) >= 11 is 0. The Morgan fingerprint density at radius 3 is 2.00 bits per heavy atom. The van der Waals surface area contributed by atoms with Crippen LogP contribution in [0.2, 0.25) is 0 Å². The van der Waals surface area contributed by atoms with Crippen molar-refractivity contribution < 1.29 is 17.9 Å². The highest BCUT2D eigenvalue weighted by atomic mass is 32.2. The van der Waals surface area contributed by atoms with E-state index >= 15 is 0 Å². The van der Waals surface area contributed by atoms with E-state index in [0.29, 0.717) is 6.26 Å². The molecular weight excluding hydrogens is 274 g/mol. The molecule has 1 N–H and O–H groups in total. The van der Waals surface area contributed by atoms with E-state index in [0.717, 1.165) is 5.92 Å². The Balaban J connectivity index is 0.000000621. The molecule has 1 aliphatic heterocycles. The van der Waals surface area contributed by atoms with Gasteiger partial charge < -0.3 is 9.45 Å². The van der Waals surface area contributed by atoms with Gasteiger partial charge in [-0.25, -0.2) is 8.42 Å². The fraction of sp³-hybridized carbons (Fsp3) is 1.00. The Labute approximate surface area is 125 Å². The monoisotopic (exact) mass is 307 g/mol. The predicted octanol–water partition coefficient (Wildman–Crippen LogP) is 1.82. The van der Waals surface area contributed by atoms with Crippen molar-refractivity contribution in [3.8, 4) is 0 Å². The fourth-order valence-electron chi connectivity index (χ4n) is 2.74. The molecule has 1 saturated heterocycles. The Morgan fingerprint density at radius 2 is 1.55 bits per heavy atom. The van der Waals surface area contributed by atoms with Gasteiger partial charge in [-0.3, -0.25) is 0 Å². The van der Waals surface area contributed by atoms with Gasteiger partial charge in [0, 0.05) is 6.26 Å². The first-order valence-corrected chi connectivity index (χ1v) is 9.92. The number of hydrogen-bond acceptors (Lipinski definition) is 3. The van der Waals surface area contributed by atoms with Gasteiger partial charge in [0.05, 0.1) is 29.8 Å². The summed E-state index contributed by atoms with van der Waals surface area (Å²) in [5.74, 6) is 1.07. The minimum atomic E-state index is -3.92. The van der Waals surface area contributed by atoms with E-state index in [4.69, 9.17) is 13.0 Å². The Morgan fingerprint density at radius 1 is 1.05 bits per heavy atom. The van der Waals surface area contributed by atoms with Crippen molar-refractivity contribution in [1.29, 1.82) is 0 Å². The molecule has 0 spiro atoms. The van der Waals surface area contributed by atoms with Crippen LogP contribution < -0.4 is 4.90 Å². The van der Waals surface area contributed by atoms with Crippen molar-refractivity contribution in [3.63, 3.8) is 0 Å². The number of hydrogen-bond donors (Lipinski definition) is 1. The molecule has 0 atom stereocenters. The van der Waals surface area contributed by atoms with Crippen LogP contribution in [0.15, 0.2) is 0 Å². The van der Waals surface area contributed by atoms with Crippen molar-refractivity contribution in [2.45, 2.75) is 65.2 Å². The number of nitrogens with one attached hydrogen (secondary N) is 1. The van der Waals surface area contributed by atoms with Gasteiger partial charge in [-0.2, -0.15) is 0 Å². The Bertz CT molecular complexity index is 301. The molecular formula is C15H33NO3S. The van der Waals surface area contributed by atoms with Gasteiger partial charge >= 0.3 is 0 Å². The number of rotatable bonds is 7. The molecule has 0 aromatic rings. The Hall–Kier alpha value is -0.130. The topological polar surface area (TPSA) is 61.6 Å². The lowest BCUT2D eigenvalue weighted by atomic mass is 9.91. The van der Waals surface area contributed by atoms with Crippen LogP contribution >= 0.6 is 0 Å². The zero-order valence-electron chi connectivity index (χ0n) is 13.5. The van der Waals surface area contributed by atoms with Gasteiger partial charge in [-0.1, -0.05) is 39.5 Å². The molecule has 122 valence electrons. The van der Waals surface area contributed by atoms with Gasteiger partial charge in [0.25, 0.3) is 0 Å². The summed E-state index contributed by atoms with van der Waals surface area (Å²) in [7, 11) is -3.92. The highest BCUT2D eigenvalue weighted by Gasteiger charge is 2.20. The van der Waals surface area contributed by atoms with Crippen molar-refractivity contribution in [2.24, 2.45) is 5.92 Å². The van der Waals surface area contributed by atoms with Crippen molar-refractivity contribution >= 4 is 10.1 Å². The first-order chi connectivity index (χ1) is 9.36. The molecule has 0 aromatic carbocycles. The van der Waals surface area contributed by atoms with E-state index in [9.17, 15) is 0 Å². The van der Waals surface area contributed by atoms with Crippen LogP contribution in [0.4, 0.5) is 0 Å². The number of unbranched alkanes of at least 4 members (excludes halogenated alkanes) is 3. The quantitative estimate of drug-likeness (QED) is 0.576. The molecule has 0 aliphatic carbocycles. The predicted molar refractivity (Wildman–Crippen MR) is 83.0 cm³/mol. The van der Waals surface area contributed by atoms with Crippen molar-refractivity contribution in [2.75, 3.05) is 25.9 Å². The van der Waals surface area contributed by atoms with E-state index in [2.05, 4.69) is 13.8 Å². The van der Waals surface area contributed by atoms with E-state index in [-0.39, 0.29) is 0 Å². The lowest BCUT2D eigenvalue weighted by molar-refractivity contribution is -0.906. The third-order valence-electron chi connectivity index (χ3n) is 3.91. The summed E-state index contributed by atoms with van der Waals surface area (Å²) in [6.07, 6.45) is 12.2. The van der Waals surface area contributed by atoms with E-state index < -0.39 is 10.1 Å². The normalized spacial score (nSPS) is 23.0. The van der Waals surface area contributed by atoms with E-state index in [1.807, 2.05) is 4.90 Å². The lowest BCUT2D eigenvalue weighted by Gasteiger charge is -2.29. The molecule has 0 radical (unpaired) electrons. The lowest BCUT2D eigenvalue weighted by Crippen LogP contribution is -3.13. The summed E-state index contributed by atoms with van der Waals surface area (Å²) < 4.78 is 27.2. The summed E-state index contributed by atoms with van der Waals surface area (Å²) in [5.41, 5.74) is 0. The van der Waals surface area contributed by atoms with Crippen LogP contribution in [-0.2, 0) is 10.1 Å². The van der Waals surface area contributed by atoms with Crippen LogP contribution in [0.25, 0.3) is 0 Å². The average molecular weight is 308 g/mol. The second-order valence-corrected chi connectivity index (χ2v) is 7.41. The maximum Gasteiger partial charge on any atom is 0.0916 e. The molecule has 5 heteroatoms. The highest BCUT2D eigenvalue weighted by molar-refractivity contribution is 7.84. The zero-order chi connectivity index (χ0) is 15.4. The van der Waals surface area contributed by atoms with Gasteiger partial charge in [-0.05, 0) is 31.6 Å². The molecule has 0 unspecified atom stereocenters. The molecule has 20 heavy (non-hydrogen) atoms. The molecule has 0 amide bonds. The van der Waals surface area contributed by atoms with Crippen LogP contribution in [0.5, 0.6) is 0 Å². The molecule has 1 aliphatic rings. The maximum absolute atomic E-state index is 9.08. The second kappa shape index (κ2) is 11.5. The van der Waals surface area contributed by atoms with E-state index in [1.165, 1.54) is 71.0 Å². The molecule has 0 bridgehead atoms. The maximum atomic E-state index is 9.08. The van der Waals surface area contributed by atoms with Gasteiger partial charge in [0.15, 0.2) is 0 Å². The SMILES string of the molecule is CCCCC[NH+]1CCC(CCCC)CC1.CS(=O)(=O)[O-]. The third kappa shape index (κ3) is 14.3. The minimum absolute atomic E-state index is 0.604. The molecule has 1 rings (SSSR count). The number of quaternary nitrogens is 1. The summed E-state index contributed by atoms with van der Waals surface area (Å²) in [4.78, 5) is 1.89. The molecule has 1 fully saturated rings. The van der Waals surface area contributed by atoms with Crippen molar-refractivity contribution in [1.82, 2.24) is 0 Å². The van der Waals surface area contributed by atoms with Crippen LogP contribution in [0.1, 0.15) is 65.2 Å². The zero-order valence-corrected chi connectivity index (χ0v) is 14.3. The van der Waals surface area contributed by atoms with Crippen LogP contribution in [-0.4, -0.2) is 38.9 Å². The first-order valence-electron chi connectivity index (χ1n) is 8.11. The summed E-state index contributed by atoms with van der Waals surface area (Å²) in [6.45, 7) is 8.96. The first kappa shape index (κ1) is 19.9. The average Bonchev–Trinajstić information content (AvgIpc) is 2.36. The smallest absolute Gasteiger partial charge is 0.0916 e.